The second-order valence-electron chi connectivity index (χ2n) is 6.59. The third kappa shape index (κ3) is 11.3. The standard InChI is InChI=1S/C12HI25/c13-1(14)2(15,16)3(17,18)4(19,20)5(21,22)6(23,24)7(25,26)8(27,28)9(29,30)10(31,32)11(33,34)12(35,36)37/h1H. The Balaban J connectivity index is 7.22. The predicted molar refractivity (Wildman–Crippen MR) is 384 cm³/mol. The van der Waals surface area contributed by atoms with E-state index in [9.17, 15) is 0 Å². The Bertz CT molecular complexity index is 825. The summed E-state index contributed by atoms with van der Waals surface area (Å²) < 4.78 is -0.325. The van der Waals surface area contributed by atoms with Crippen molar-refractivity contribution in [3.8, 4) is 0 Å². The minimum absolute atomic E-state index is 0.0237. The topological polar surface area (TPSA) is 0 Å². The van der Waals surface area contributed by atoms with E-state index in [1.54, 1.807) is 0 Å². The van der Waals surface area contributed by atoms with Crippen LogP contribution in [-0.4, -0.2) is 15.7 Å². The number of halogens is 25. The second kappa shape index (κ2) is 20.2. The Morgan fingerprint density at radius 1 is 0.243 bits per heavy atom. The molecule has 0 aromatic heterocycles. The molecule has 25 heteroatoms. The number of rotatable bonds is 11. The van der Waals surface area contributed by atoms with Crippen LogP contribution >= 0.6 is 565 Å². The van der Waals surface area contributed by atoms with E-state index in [2.05, 4.69) is 565 Å². The van der Waals surface area contributed by atoms with Gasteiger partial charge in [-0.1, -0.05) is 565 Å². The fourth-order valence-corrected chi connectivity index (χ4v) is 40.5. The Hall–Kier alpha value is 18.3. The summed E-state index contributed by atoms with van der Waals surface area (Å²) in [6, 6.07) is 0. The van der Waals surface area contributed by atoms with Crippen molar-refractivity contribution < 1.29 is 0 Å². The van der Waals surface area contributed by atoms with Gasteiger partial charge in [0.05, 0.1) is 1.93 Å². The summed E-state index contributed by atoms with van der Waals surface area (Å²) in [5.41, 5.74) is 0. The molecule has 0 nitrogen and oxygen atoms in total. The lowest BCUT2D eigenvalue weighted by atomic mass is 10.1. The van der Waals surface area contributed by atoms with Crippen LogP contribution in [0.4, 0.5) is 0 Å². The van der Waals surface area contributed by atoms with Gasteiger partial charge < -0.3 is 0 Å². The van der Waals surface area contributed by atoms with Gasteiger partial charge in [-0.25, -0.2) is 0 Å². The van der Waals surface area contributed by atoms with Crippen LogP contribution in [0, 0.1) is 0 Å². The molecule has 0 atom stereocenters. The van der Waals surface area contributed by atoms with Crippen molar-refractivity contribution in [2.75, 3.05) is 0 Å². The van der Waals surface area contributed by atoms with Crippen molar-refractivity contribution in [1.82, 2.24) is 0 Å². The number of hydrogen-bond acceptors (Lipinski definition) is 0. The minimum atomic E-state index is -0.143. The van der Waals surface area contributed by atoms with Crippen LogP contribution < -0.4 is 0 Å². The van der Waals surface area contributed by atoms with Crippen molar-refractivity contribution in [3.63, 3.8) is 0 Å². The Morgan fingerprint density at radius 2 is 0.405 bits per heavy atom. The fraction of sp³-hybridized carbons (Fsp3) is 1.00. The summed E-state index contributed by atoms with van der Waals surface area (Å²) in [5, 5.41) is 0. The fourth-order valence-electron chi connectivity index (χ4n) is 1.90. The summed E-state index contributed by atoms with van der Waals surface area (Å²) in [6.07, 6.45) is 0. The van der Waals surface area contributed by atoms with Gasteiger partial charge in [0.1, 0.15) is 13.7 Å². The highest BCUT2D eigenvalue weighted by Crippen LogP contribution is 2.82. The molecule has 0 heterocycles. The average molecular weight is 3320 g/mol. The zero-order valence-corrected chi connectivity index (χ0v) is 69.5. The molecule has 0 unspecified atom stereocenters. The van der Waals surface area contributed by atoms with Gasteiger partial charge >= 0.3 is 0 Å². The lowest BCUT2D eigenvalue weighted by Crippen LogP contribution is -2.71. The first-order chi connectivity index (χ1) is 15.4. The Kier molecular flexibility index (Phi) is 30.2. The van der Waals surface area contributed by atoms with Crippen LogP contribution in [0.3, 0.4) is 0 Å². The molecule has 0 bridgehead atoms. The molecule has 0 radical (unpaired) electrons. The molecule has 0 rings (SSSR count). The van der Waals surface area contributed by atoms with E-state index in [1.807, 2.05) is 0 Å². The quantitative estimate of drug-likeness (QED) is 0.143. The molecular weight excluding hydrogens is 3320 g/mol. The van der Waals surface area contributed by atoms with Gasteiger partial charge in [0.15, 0.2) is 0 Å². The van der Waals surface area contributed by atoms with Gasteiger partial charge in [-0.05, 0) is 0 Å². The number of alkyl halides is 25. The molecule has 0 aromatic carbocycles. The summed E-state index contributed by atoms with van der Waals surface area (Å²) in [7, 11) is 0. The van der Waals surface area contributed by atoms with Crippen molar-refractivity contribution >= 4 is 565 Å². The van der Waals surface area contributed by atoms with Gasteiger partial charge in [-0.3, -0.25) is 0 Å². The molecule has 0 amide bonds. The van der Waals surface area contributed by atoms with E-state index >= 15 is 0 Å². The van der Waals surface area contributed by atoms with E-state index in [-0.39, 0.29) is 13.7 Å². The summed E-state index contributed by atoms with van der Waals surface area (Å²) >= 11 is 68.4. The van der Waals surface area contributed by atoms with Gasteiger partial charge in [0.2, 0.25) is 0 Å². The summed E-state index contributed by atoms with van der Waals surface area (Å²) in [4.78, 5) is 0. The summed E-state index contributed by atoms with van der Waals surface area (Å²) in [6.45, 7) is 0. The molecule has 0 saturated carbocycles. The highest BCUT2D eigenvalue weighted by atomic mass is 127. The lowest BCUT2D eigenvalue weighted by Gasteiger charge is -2.61. The van der Waals surface area contributed by atoms with Crippen molar-refractivity contribution in [3.05, 3.63) is 0 Å². The van der Waals surface area contributed by atoms with E-state index in [1.165, 1.54) is 0 Å². The Labute approximate surface area is 560 Å². The maximum absolute atomic E-state index is 2.81. The van der Waals surface area contributed by atoms with Gasteiger partial charge in [-0.15, -0.1) is 0 Å². The highest BCUT2D eigenvalue weighted by molar-refractivity contribution is 14.3. The molecular formula is C12HI25. The molecule has 37 heavy (non-hydrogen) atoms. The van der Waals surface area contributed by atoms with Crippen LogP contribution in [0.15, 0.2) is 0 Å². The molecule has 0 N–H and O–H groups in total. The SMILES string of the molecule is IC(I)C(I)(I)C(I)(I)C(I)(I)C(I)(I)C(I)(I)C(I)(I)C(I)(I)C(I)(I)C(I)(I)C(I)(I)C(I)(I)I. The Morgan fingerprint density at radius 3 is 0.568 bits per heavy atom. The first-order valence-corrected chi connectivity index (χ1v) is 34.9. The largest absolute Gasteiger partial charge is 0.149 e. The van der Waals surface area contributed by atoms with E-state index in [0.29, 0.717) is 1.93 Å². The van der Waals surface area contributed by atoms with E-state index in [4.69, 9.17) is 0 Å². The summed E-state index contributed by atoms with van der Waals surface area (Å²) in [5.74, 6) is 0. The zero-order chi connectivity index (χ0) is 31.1. The number of hydrogen-bond donors (Lipinski definition) is 0. The highest BCUT2D eigenvalue weighted by Gasteiger charge is 2.80. The smallest absolute Gasteiger partial charge is 0.0686 e. The van der Waals surface area contributed by atoms with Gasteiger partial charge in [0, 0.05) is 0 Å². The zero-order valence-electron chi connectivity index (χ0n) is 15.5. The molecule has 0 fully saturated rings. The molecule has 0 aliphatic heterocycles. The first kappa shape index (κ1) is 55.2. The van der Waals surface area contributed by atoms with Crippen molar-refractivity contribution in [2.24, 2.45) is 0 Å². The molecule has 0 spiro atoms. The third-order valence-electron chi connectivity index (χ3n) is 4.20. The van der Waals surface area contributed by atoms with Crippen LogP contribution in [-0.2, 0) is 0 Å². The minimum Gasteiger partial charge on any atom is -0.0686 e. The van der Waals surface area contributed by atoms with Crippen LogP contribution in [0.5, 0.6) is 0 Å². The van der Waals surface area contributed by atoms with Crippen LogP contribution in [0.2, 0.25) is 0 Å². The van der Waals surface area contributed by atoms with Crippen molar-refractivity contribution in [1.29, 1.82) is 0 Å². The molecule has 0 saturated heterocycles. The second-order valence-corrected chi connectivity index (χ2v) is 75.7. The predicted octanol–water partition coefficient (Wildman–Crippen LogP) is 19.8. The molecule has 0 aliphatic carbocycles. The molecule has 224 valence electrons. The van der Waals surface area contributed by atoms with Crippen molar-refractivity contribution in [2.45, 2.75) is 15.7 Å². The molecule has 0 aromatic rings. The third-order valence-corrected chi connectivity index (χ3v) is 88.7. The monoisotopic (exact) mass is 3320 g/mol. The van der Waals surface area contributed by atoms with Crippen LogP contribution in [0.1, 0.15) is 0 Å². The van der Waals surface area contributed by atoms with Gasteiger partial charge in [-0.2, -0.15) is 0 Å². The van der Waals surface area contributed by atoms with E-state index in [0.717, 1.165) is 0 Å². The van der Waals surface area contributed by atoms with Crippen LogP contribution in [0.25, 0.3) is 0 Å². The lowest BCUT2D eigenvalue weighted by molar-refractivity contribution is 0.640. The first-order valence-electron chi connectivity index (χ1n) is 7.57. The normalized spacial score (nSPS) is 17.0. The maximum Gasteiger partial charge on any atom is 0.149 e. The average Bonchev–Trinajstić information content (AvgIpc) is 2.65. The van der Waals surface area contributed by atoms with Gasteiger partial charge in [0.25, 0.3) is 0 Å². The van der Waals surface area contributed by atoms with E-state index < -0.39 is 0 Å². The maximum atomic E-state index is 2.81. The molecule has 0 aliphatic rings.